The molecule has 25 rings (SSSR count). The van der Waals surface area contributed by atoms with Crippen LogP contribution >= 0.6 is 0 Å². The molecule has 7 atom stereocenters. The molecule has 746 valence electrons. The molecule has 4 amide bonds. The fraction of sp³-hybridized carbons (Fsp3) is 0.212. The van der Waals surface area contributed by atoms with Crippen LogP contribution < -0.4 is 34.0 Å². The summed E-state index contributed by atoms with van der Waals surface area (Å²) < 4.78 is 46.2. The highest BCUT2D eigenvalue weighted by Gasteiger charge is 2.40. The van der Waals surface area contributed by atoms with Crippen LogP contribution in [0.4, 0.5) is 0 Å². The number of amides is 4. The predicted octanol–water partition coefficient (Wildman–Crippen LogP) is 21.0. The number of benzene rings is 9. The molecule has 0 saturated carbocycles. The molecule has 16 aromatic rings. The van der Waals surface area contributed by atoms with Gasteiger partial charge in [-0.15, -0.1) is 0 Å². The molecule has 16 heterocycles. The largest absolute Gasteiger partial charge is 0.393 e. The summed E-state index contributed by atoms with van der Waals surface area (Å²) in [5.74, 6) is -1.11. The van der Waals surface area contributed by atoms with E-state index >= 15 is 0 Å². The Morgan fingerprint density at radius 2 is 0.479 bits per heavy atom. The van der Waals surface area contributed by atoms with Crippen LogP contribution in [0.25, 0.3) is 77.9 Å². The van der Waals surface area contributed by atoms with Gasteiger partial charge in [-0.1, -0.05) is 223 Å². The maximum Gasteiger partial charge on any atom is 0.261 e. The number of aliphatic hydroxyl groups excluding tert-OH is 1. The molecule has 0 fully saturated rings. The first-order valence-electron chi connectivity index (χ1n) is 48.1. The number of rotatable bonds is 15. The first kappa shape index (κ1) is 105. The van der Waals surface area contributed by atoms with Crippen molar-refractivity contribution in [3.05, 3.63) is 448 Å². The van der Waals surface area contributed by atoms with Gasteiger partial charge in [0.05, 0.1) is 112 Å². The SMILES string of the molecule is C.C.N=N.NCC1OCc2c(-c3cccnc3)cccc21.NC[C@@H]1OCc2c(-c3cccnc3)cccc21.NC[C@@H]1OCc2c(-c3cccnc3)cccc21.NC[C@H]1OCc2c(-c3cccnc3)cccc21.NC[C@H]1OCc2c(-c3cccnc3)cccc21.O=C1NC(=O)c2ccccc21.O=C1c2ccccc2C(=O)N1CC1OCc2c(-c3cccnc3)cccc21.OCC1OCc2c(-c3cccnc3)cccc21.[2H]CC.[HH]. The van der Waals surface area contributed by atoms with Crippen LogP contribution in [0.5, 0.6) is 0 Å². The third-order valence-corrected chi connectivity index (χ3v) is 25.8. The van der Waals surface area contributed by atoms with Gasteiger partial charge in [-0.3, -0.25) is 64.3 Å². The van der Waals surface area contributed by atoms with Crippen molar-refractivity contribution in [1.29, 1.82) is 11.1 Å². The lowest BCUT2D eigenvalue weighted by Gasteiger charge is -2.19. The summed E-state index contributed by atoms with van der Waals surface area (Å²) in [6.45, 7) is 9.42. The Hall–Kier alpha value is -15.6. The third-order valence-electron chi connectivity index (χ3n) is 25.8. The summed E-state index contributed by atoms with van der Waals surface area (Å²) in [7, 11) is 0. The molecule has 28 heteroatoms. The highest BCUT2D eigenvalue weighted by molar-refractivity contribution is 6.22. The molecule has 9 aliphatic rings. The number of imide groups is 2. The summed E-state index contributed by atoms with van der Waals surface area (Å²) in [6, 6.07) is 85.0. The predicted molar refractivity (Wildman–Crippen MR) is 565 cm³/mol. The van der Waals surface area contributed by atoms with Gasteiger partial charge in [-0.25, -0.2) is 11.1 Å². The van der Waals surface area contributed by atoms with Crippen molar-refractivity contribution >= 4 is 23.6 Å². The molecule has 28 nitrogen and oxygen atoms in total. The number of nitrogens with zero attached hydrogens (tertiary/aromatic N) is 8. The molecule has 0 bridgehead atoms. The molecule has 0 radical (unpaired) electrons. The fourth-order valence-electron chi connectivity index (χ4n) is 18.9. The number of aromatic nitrogens is 7. The minimum atomic E-state index is -0.321. The average molecular weight is 1960 g/mol. The summed E-state index contributed by atoms with van der Waals surface area (Å²) in [5.41, 5.74) is 73.0. The van der Waals surface area contributed by atoms with E-state index in [4.69, 9.17) is 74.3 Å². The van der Waals surface area contributed by atoms with Crippen LogP contribution in [-0.4, -0.2) is 114 Å². The van der Waals surface area contributed by atoms with E-state index in [-0.39, 0.29) is 95.8 Å². The van der Waals surface area contributed by atoms with Gasteiger partial charge in [-0.05, 0) is 184 Å². The molecule has 14 N–H and O–H groups in total. The van der Waals surface area contributed by atoms with Crippen LogP contribution in [0.2, 0.25) is 0 Å². The molecule has 0 spiro atoms. The van der Waals surface area contributed by atoms with Gasteiger partial charge in [0.25, 0.3) is 23.6 Å². The van der Waals surface area contributed by atoms with E-state index in [1.54, 1.807) is 98.8 Å². The molecule has 7 aromatic heterocycles. The van der Waals surface area contributed by atoms with Gasteiger partial charge < -0.3 is 66.9 Å². The van der Waals surface area contributed by atoms with Crippen LogP contribution in [0.15, 0.2) is 348 Å². The van der Waals surface area contributed by atoms with Gasteiger partial charge in [0.15, 0.2) is 0 Å². The Bertz CT molecular complexity index is 6260. The number of carbonyl (C=O) groups excluding carboxylic acids is 4. The Morgan fingerprint density at radius 3 is 0.678 bits per heavy atom. The number of fused-ring (bicyclic) bond motifs is 9. The molecular formula is C118H122N16O12. The number of nitrogens with one attached hydrogen (secondary N) is 3. The standard InChI is InChI=1S/C22H16N2O3.5C14H14N2O.C14H13NO2.C8H5NO2.C2H6.2CH4.H2N2.H2/c25-21-17-6-1-2-7-18(17)22(26)24(21)12-20-16-9-3-8-15(19(16)13-27-20)14-5-4-10-23-11-14;5*15-7-14-12-5-1-4-11(13(12)9-17-14)10-3-2-6-16-8-10;16-8-14-12-5-1-4-11(13(12)9-17-14)10-3-2-6-15-7-10;10-7-5-3-1-2-4-6(5)8(11)9-7;1-2;;;1-2;/h1-11,20H,12-13H2;5*1-6,8,14H,7,9,15H2;1-7,14,16H,8-9H2;1-4H,(H,9,10,11);1-2H3;2*1H4;1-2H;1H/t;4*14-;;;;;;;;/m.1100......../s1/i;;;;;;;;1D;;;;. The quantitative estimate of drug-likeness (QED) is 0.0340. The second-order valence-electron chi connectivity index (χ2n) is 33.9. The highest BCUT2D eigenvalue weighted by Crippen LogP contribution is 2.45. The fourth-order valence-corrected chi connectivity index (χ4v) is 18.9. The Kier molecular flexibility index (Phi) is 37.3. The van der Waals surface area contributed by atoms with Crippen LogP contribution in [0.3, 0.4) is 0 Å². The monoisotopic (exact) mass is 1960 g/mol. The molecule has 3 unspecified atom stereocenters. The normalized spacial score (nSPS) is 17.2. The molecule has 0 saturated heterocycles. The van der Waals surface area contributed by atoms with Crippen molar-refractivity contribution in [3.63, 3.8) is 0 Å². The molecule has 0 aliphatic carbocycles. The van der Waals surface area contributed by atoms with E-state index < -0.39 is 0 Å². The zero-order valence-electron chi connectivity index (χ0n) is 80.5. The first-order chi connectivity index (χ1) is 71.3. The summed E-state index contributed by atoms with van der Waals surface area (Å²) >= 11 is 0. The number of hydrogen-bond donors (Lipinski definition) is 9. The van der Waals surface area contributed by atoms with E-state index in [1.807, 2.05) is 128 Å². The van der Waals surface area contributed by atoms with Crippen molar-refractivity contribution in [2.75, 3.05) is 45.9 Å². The van der Waals surface area contributed by atoms with E-state index in [9.17, 15) is 24.3 Å². The van der Waals surface area contributed by atoms with Crippen LogP contribution in [0.1, 0.15) is 194 Å². The minimum absolute atomic E-state index is 0. The van der Waals surface area contributed by atoms with Crippen molar-refractivity contribution in [2.45, 2.75) is 118 Å². The maximum atomic E-state index is 12.6. The average Bonchev–Trinajstić information content (AvgIpc) is 1.61. The molecular weight excluding hydrogens is 1830 g/mol. The van der Waals surface area contributed by atoms with Crippen molar-refractivity contribution in [3.8, 4) is 77.9 Å². The lowest BCUT2D eigenvalue weighted by atomic mass is 9.96. The minimum Gasteiger partial charge on any atom is -0.393 e. The first-order valence-corrected chi connectivity index (χ1v) is 47.4. The number of hydrogen-bond acceptors (Lipinski definition) is 26. The Morgan fingerprint density at radius 1 is 0.295 bits per heavy atom. The topological polar surface area (TPSA) is 436 Å². The maximum absolute atomic E-state index is 12.6. The summed E-state index contributed by atoms with van der Waals surface area (Å²) in [5, 5.41) is 11.4. The number of ether oxygens (including phenoxy) is 7. The van der Waals surface area contributed by atoms with E-state index in [1.165, 1.54) is 93.9 Å². The van der Waals surface area contributed by atoms with E-state index in [0.717, 1.165) is 66.8 Å². The molecule has 146 heavy (non-hydrogen) atoms. The number of pyridine rings is 7. The zero-order chi connectivity index (χ0) is 101. The number of aliphatic hydroxyl groups is 1. The Labute approximate surface area is 853 Å². The zero-order valence-corrected chi connectivity index (χ0v) is 79.5. The van der Waals surface area contributed by atoms with Gasteiger partial charge in [-0.2, -0.15) is 0 Å². The van der Waals surface area contributed by atoms with Crippen molar-refractivity contribution in [1.82, 2.24) is 45.1 Å². The van der Waals surface area contributed by atoms with Crippen molar-refractivity contribution < 1.29 is 60.2 Å². The van der Waals surface area contributed by atoms with E-state index in [2.05, 4.69) is 168 Å². The summed E-state index contributed by atoms with van der Waals surface area (Å²) in [6.07, 6.45) is 25.2. The highest BCUT2D eigenvalue weighted by atomic mass is 16.5. The van der Waals surface area contributed by atoms with Crippen LogP contribution in [-0.2, 0) is 79.4 Å². The van der Waals surface area contributed by atoms with Gasteiger partial charge in [0, 0.05) is 161 Å². The van der Waals surface area contributed by atoms with Gasteiger partial charge in [0.1, 0.15) is 12.2 Å². The van der Waals surface area contributed by atoms with Crippen molar-refractivity contribution in [2.24, 2.45) is 28.7 Å². The van der Waals surface area contributed by atoms with Crippen LogP contribution in [0, 0.1) is 11.1 Å². The Balaban J connectivity index is 0.000000141. The smallest absolute Gasteiger partial charge is 0.261 e. The second kappa shape index (κ2) is 52.1. The van der Waals surface area contributed by atoms with Gasteiger partial charge >= 0.3 is 0 Å². The van der Waals surface area contributed by atoms with E-state index in [0.29, 0.717) is 108 Å². The molecule has 9 aromatic carbocycles. The lowest BCUT2D eigenvalue weighted by molar-refractivity contribution is 0.0234. The lowest BCUT2D eigenvalue weighted by Crippen LogP contribution is -2.33. The number of carbonyl (C=O) groups is 4. The van der Waals surface area contributed by atoms with Gasteiger partial charge in [0.2, 0.25) is 0 Å². The number of nitrogens with two attached hydrogens (primary N) is 5. The summed E-state index contributed by atoms with van der Waals surface area (Å²) in [4.78, 5) is 77.6. The second-order valence-corrected chi connectivity index (χ2v) is 33.9. The third kappa shape index (κ3) is 23.9. The molecule has 9 aliphatic heterocycles.